The average molecular weight is 508 g/mol. The number of guanidine groups is 1. The number of aliphatic imine (C=N–C) groups is 1. The van der Waals surface area contributed by atoms with Gasteiger partial charge >= 0.3 is 0 Å². The van der Waals surface area contributed by atoms with E-state index in [1.54, 1.807) is 7.05 Å². The molecule has 27 heavy (non-hydrogen) atoms. The number of para-hydroxylation sites is 1. The fraction of sp³-hybridized carbons (Fsp3) is 0.650. The molecule has 5 nitrogen and oxygen atoms in total. The van der Waals surface area contributed by atoms with Crippen LogP contribution in [0.2, 0.25) is 5.02 Å². The van der Waals surface area contributed by atoms with E-state index in [-0.39, 0.29) is 35.5 Å². The summed E-state index contributed by atoms with van der Waals surface area (Å²) in [7, 11) is 1.81. The van der Waals surface area contributed by atoms with Crippen LogP contribution in [0.15, 0.2) is 29.3 Å². The van der Waals surface area contributed by atoms with Gasteiger partial charge < -0.3 is 20.1 Å². The van der Waals surface area contributed by atoms with E-state index in [4.69, 9.17) is 21.1 Å². The Labute approximate surface area is 184 Å². The Morgan fingerprint density at radius 2 is 2.15 bits per heavy atom. The number of nitrogens with zero attached hydrogens (tertiary/aromatic N) is 1. The number of rotatable bonds is 6. The van der Waals surface area contributed by atoms with Crippen molar-refractivity contribution in [3.8, 4) is 5.75 Å². The molecule has 0 spiro atoms. The van der Waals surface area contributed by atoms with E-state index in [0.29, 0.717) is 29.6 Å². The average Bonchev–Trinajstić information content (AvgIpc) is 3.09. The number of benzene rings is 1. The Balaban J connectivity index is 0.00000261. The summed E-state index contributed by atoms with van der Waals surface area (Å²) in [6.07, 6.45) is 2.38. The minimum absolute atomic E-state index is 0. The molecular formula is C20H31ClIN3O2. The van der Waals surface area contributed by atoms with Crippen molar-refractivity contribution < 1.29 is 9.47 Å². The molecule has 1 aromatic carbocycles. The molecule has 2 aliphatic rings. The summed E-state index contributed by atoms with van der Waals surface area (Å²) in [5.41, 5.74) is 0.122. The fourth-order valence-corrected chi connectivity index (χ4v) is 4.34. The van der Waals surface area contributed by atoms with Crippen molar-refractivity contribution in [3.05, 3.63) is 29.3 Å². The summed E-state index contributed by atoms with van der Waals surface area (Å²) in [6, 6.07) is 7.96. The highest BCUT2D eigenvalue weighted by Crippen LogP contribution is 2.52. The highest BCUT2D eigenvalue weighted by atomic mass is 127. The molecule has 0 amide bonds. The van der Waals surface area contributed by atoms with Gasteiger partial charge in [0.15, 0.2) is 5.96 Å². The first-order valence-electron chi connectivity index (χ1n) is 9.47. The summed E-state index contributed by atoms with van der Waals surface area (Å²) >= 11 is 6.20. The lowest BCUT2D eigenvalue weighted by Gasteiger charge is -2.54. The maximum absolute atomic E-state index is 6.20. The van der Waals surface area contributed by atoms with Gasteiger partial charge in [0.1, 0.15) is 11.9 Å². The number of nitrogens with one attached hydrogen (secondary N) is 2. The molecule has 0 aromatic heterocycles. The third-order valence-corrected chi connectivity index (χ3v) is 6.01. The number of hydrogen-bond donors (Lipinski definition) is 2. The summed E-state index contributed by atoms with van der Waals surface area (Å²) in [4.78, 5) is 4.39. The van der Waals surface area contributed by atoms with Gasteiger partial charge in [-0.2, -0.15) is 0 Å². The zero-order valence-corrected chi connectivity index (χ0v) is 19.6. The Morgan fingerprint density at radius 1 is 1.41 bits per heavy atom. The topological polar surface area (TPSA) is 54.9 Å². The second-order valence-corrected chi connectivity index (χ2v) is 8.13. The second-order valence-electron chi connectivity index (χ2n) is 7.72. The molecule has 3 rings (SSSR count). The van der Waals surface area contributed by atoms with Crippen LogP contribution in [-0.2, 0) is 4.74 Å². The normalized spacial score (nSPS) is 27.0. The lowest BCUT2D eigenvalue weighted by Crippen LogP contribution is -2.68. The van der Waals surface area contributed by atoms with Gasteiger partial charge in [0.2, 0.25) is 0 Å². The van der Waals surface area contributed by atoms with E-state index in [2.05, 4.69) is 36.4 Å². The van der Waals surface area contributed by atoms with Crippen LogP contribution in [0.25, 0.3) is 0 Å². The van der Waals surface area contributed by atoms with Gasteiger partial charge in [-0.3, -0.25) is 4.99 Å². The summed E-state index contributed by atoms with van der Waals surface area (Å²) < 4.78 is 11.9. The summed E-state index contributed by atoms with van der Waals surface area (Å²) in [5, 5.41) is 7.64. The monoisotopic (exact) mass is 507 g/mol. The first-order valence-corrected chi connectivity index (χ1v) is 9.85. The van der Waals surface area contributed by atoms with Crippen LogP contribution in [0, 0.1) is 11.3 Å². The molecule has 0 radical (unpaired) electrons. The minimum Gasteiger partial charge on any atom is -0.487 e. The first-order chi connectivity index (χ1) is 12.5. The van der Waals surface area contributed by atoms with Crippen molar-refractivity contribution in [2.45, 2.75) is 51.9 Å². The zero-order chi connectivity index (χ0) is 18.7. The van der Waals surface area contributed by atoms with Gasteiger partial charge in [-0.1, -0.05) is 44.5 Å². The van der Waals surface area contributed by atoms with Crippen LogP contribution in [0.3, 0.4) is 0 Å². The van der Waals surface area contributed by atoms with E-state index in [9.17, 15) is 0 Å². The van der Waals surface area contributed by atoms with Crippen LogP contribution in [0.1, 0.15) is 33.6 Å². The van der Waals surface area contributed by atoms with Crippen molar-refractivity contribution in [1.29, 1.82) is 0 Å². The predicted octanol–water partition coefficient (Wildman–Crippen LogP) is 4.09. The Bertz CT molecular complexity index is 656. The highest BCUT2D eigenvalue weighted by molar-refractivity contribution is 14.0. The SMILES string of the molecule is CCC(CNC(=NC)NC1C2CCOC2C1(C)C)Oc1ccccc1Cl.I. The zero-order valence-electron chi connectivity index (χ0n) is 16.5. The van der Waals surface area contributed by atoms with Crippen LogP contribution in [-0.4, -0.2) is 44.4 Å². The van der Waals surface area contributed by atoms with E-state index >= 15 is 0 Å². The van der Waals surface area contributed by atoms with E-state index in [0.717, 1.165) is 31.2 Å². The Kier molecular flexibility index (Phi) is 8.06. The molecule has 1 aromatic rings. The maximum atomic E-state index is 6.20. The summed E-state index contributed by atoms with van der Waals surface area (Å²) in [5.74, 6) is 2.11. The molecule has 1 heterocycles. The molecule has 1 aliphatic carbocycles. The standard InChI is InChI=1S/C20H30ClN3O2.HI/c1-5-13(26-16-9-7-6-8-15(16)21)12-23-19(22-4)24-17-14-10-11-25-18(14)20(17,2)3;/h6-9,13-14,17-18H,5,10-12H2,1-4H3,(H2,22,23,24);1H. The largest absolute Gasteiger partial charge is 0.487 e. The van der Waals surface area contributed by atoms with Gasteiger partial charge in [-0.25, -0.2) is 0 Å². The third kappa shape index (κ3) is 4.82. The lowest BCUT2D eigenvalue weighted by atomic mass is 9.57. The van der Waals surface area contributed by atoms with Gasteiger partial charge in [0.05, 0.1) is 17.7 Å². The van der Waals surface area contributed by atoms with Crippen LogP contribution in [0.5, 0.6) is 5.75 Å². The van der Waals surface area contributed by atoms with E-state index < -0.39 is 0 Å². The molecule has 0 bridgehead atoms. The fourth-order valence-electron chi connectivity index (χ4n) is 4.16. The molecule has 152 valence electrons. The quantitative estimate of drug-likeness (QED) is 0.346. The molecule has 1 saturated heterocycles. The Hall–Kier alpha value is -0.730. The minimum atomic E-state index is 0. The molecule has 7 heteroatoms. The van der Waals surface area contributed by atoms with Crippen molar-refractivity contribution >= 4 is 41.5 Å². The highest BCUT2D eigenvalue weighted by Gasteiger charge is 2.59. The van der Waals surface area contributed by atoms with Crippen molar-refractivity contribution in [3.63, 3.8) is 0 Å². The van der Waals surface area contributed by atoms with Crippen molar-refractivity contribution in [2.75, 3.05) is 20.2 Å². The van der Waals surface area contributed by atoms with Crippen LogP contribution < -0.4 is 15.4 Å². The number of hydrogen-bond acceptors (Lipinski definition) is 3. The van der Waals surface area contributed by atoms with Gasteiger partial charge in [-0.15, -0.1) is 24.0 Å². The molecule has 1 saturated carbocycles. The van der Waals surface area contributed by atoms with Gasteiger partial charge in [0.25, 0.3) is 0 Å². The molecular weight excluding hydrogens is 477 g/mol. The molecule has 4 atom stereocenters. The maximum Gasteiger partial charge on any atom is 0.191 e. The molecule has 2 N–H and O–H groups in total. The van der Waals surface area contributed by atoms with E-state index in [1.807, 2.05) is 24.3 Å². The molecule has 4 unspecified atom stereocenters. The summed E-state index contributed by atoms with van der Waals surface area (Å²) in [6.45, 7) is 8.17. The van der Waals surface area contributed by atoms with E-state index in [1.165, 1.54) is 0 Å². The van der Waals surface area contributed by atoms with Crippen LogP contribution >= 0.6 is 35.6 Å². The number of ether oxygens (including phenoxy) is 2. The van der Waals surface area contributed by atoms with Crippen molar-refractivity contribution in [2.24, 2.45) is 16.3 Å². The lowest BCUT2D eigenvalue weighted by molar-refractivity contribution is -0.106. The molecule has 1 aliphatic heterocycles. The second kappa shape index (κ2) is 9.65. The Morgan fingerprint density at radius 3 is 2.81 bits per heavy atom. The number of fused-ring (bicyclic) bond motifs is 1. The molecule has 2 fully saturated rings. The predicted molar refractivity (Wildman–Crippen MR) is 121 cm³/mol. The van der Waals surface area contributed by atoms with Gasteiger partial charge in [0, 0.05) is 31.0 Å². The third-order valence-electron chi connectivity index (χ3n) is 5.70. The first kappa shape index (κ1) is 22.6. The smallest absolute Gasteiger partial charge is 0.191 e. The van der Waals surface area contributed by atoms with Crippen LogP contribution in [0.4, 0.5) is 0 Å². The van der Waals surface area contributed by atoms with Gasteiger partial charge in [-0.05, 0) is 25.0 Å². The number of halogens is 2. The van der Waals surface area contributed by atoms with Crippen molar-refractivity contribution in [1.82, 2.24) is 10.6 Å².